The number of oxazole rings is 1. The van der Waals surface area contributed by atoms with Crippen molar-refractivity contribution in [2.45, 2.75) is 63.6 Å². The van der Waals surface area contributed by atoms with Crippen molar-refractivity contribution in [3.63, 3.8) is 0 Å². The number of aliphatic hydroxyl groups is 1. The molecule has 2 fully saturated rings. The van der Waals surface area contributed by atoms with Crippen molar-refractivity contribution in [3.05, 3.63) is 77.0 Å². The number of rotatable bonds is 10. The minimum absolute atomic E-state index is 0.0631. The molecular formula is C31H36N4O7. The summed E-state index contributed by atoms with van der Waals surface area (Å²) >= 11 is 0. The van der Waals surface area contributed by atoms with Crippen LogP contribution in [-0.2, 0) is 24.3 Å². The van der Waals surface area contributed by atoms with Crippen molar-refractivity contribution in [1.82, 2.24) is 20.5 Å². The van der Waals surface area contributed by atoms with E-state index in [9.17, 15) is 14.7 Å². The quantitative estimate of drug-likeness (QED) is 0.333. The zero-order chi connectivity index (χ0) is 29.1. The highest BCUT2D eigenvalue weighted by Gasteiger charge is 2.40. The fourth-order valence-electron chi connectivity index (χ4n) is 6.01. The van der Waals surface area contributed by atoms with E-state index in [-0.39, 0.29) is 36.5 Å². The van der Waals surface area contributed by atoms with Crippen LogP contribution in [0.25, 0.3) is 0 Å². The van der Waals surface area contributed by atoms with Crippen LogP contribution in [-0.4, -0.2) is 77.4 Å². The number of carbonyl (C=O) groups excluding carboxylic acids is 2. The molecule has 42 heavy (non-hydrogen) atoms. The number of ether oxygens (including phenoxy) is 3. The highest BCUT2D eigenvalue weighted by molar-refractivity contribution is 6.00. The van der Waals surface area contributed by atoms with Gasteiger partial charge in [-0.3, -0.25) is 9.59 Å². The third kappa shape index (κ3) is 5.99. The maximum Gasteiger partial charge on any atom is 0.255 e. The van der Waals surface area contributed by atoms with Crippen molar-refractivity contribution in [2.75, 3.05) is 26.4 Å². The first-order valence-corrected chi connectivity index (χ1v) is 14.5. The molecule has 3 aliphatic rings. The second-order valence-electron chi connectivity index (χ2n) is 10.9. The van der Waals surface area contributed by atoms with E-state index in [1.54, 1.807) is 24.4 Å². The molecule has 2 aromatic carbocycles. The van der Waals surface area contributed by atoms with E-state index in [4.69, 9.17) is 18.6 Å². The average molecular weight is 577 g/mol. The number of hydrogen-bond acceptors (Lipinski definition) is 9. The first-order chi connectivity index (χ1) is 20.5. The number of nitrogens with zero attached hydrogens (tertiary/aromatic N) is 2. The van der Waals surface area contributed by atoms with Crippen LogP contribution >= 0.6 is 0 Å². The zero-order valence-corrected chi connectivity index (χ0v) is 23.6. The lowest BCUT2D eigenvalue weighted by molar-refractivity contribution is -0.00717. The van der Waals surface area contributed by atoms with Gasteiger partial charge < -0.3 is 39.3 Å². The van der Waals surface area contributed by atoms with Gasteiger partial charge in [-0.15, -0.1) is 0 Å². The summed E-state index contributed by atoms with van der Waals surface area (Å²) in [6, 6.07) is 10.8. The van der Waals surface area contributed by atoms with Crippen LogP contribution in [0.2, 0.25) is 0 Å². The fourth-order valence-corrected chi connectivity index (χ4v) is 6.01. The number of morpholine rings is 1. The van der Waals surface area contributed by atoms with Crippen molar-refractivity contribution < 1.29 is 33.3 Å². The Bertz CT molecular complexity index is 1400. The summed E-state index contributed by atoms with van der Waals surface area (Å²) < 4.78 is 22.4. The van der Waals surface area contributed by atoms with Gasteiger partial charge in [-0.25, -0.2) is 4.98 Å². The summed E-state index contributed by atoms with van der Waals surface area (Å²) in [4.78, 5) is 32.3. The lowest BCUT2D eigenvalue weighted by Crippen LogP contribution is -2.49. The number of aliphatic hydroxyl groups excluding tert-OH is 1. The van der Waals surface area contributed by atoms with Gasteiger partial charge in [-0.2, -0.15) is 0 Å². The Morgan fingerprint density at radius 3 is 2.74 bits per heavy atom. The van der Waals surface area contributed by atoms with Crippen LogP contribution < -0.4 is 20.1 Å². The van der Waals surface area contributed by atoms with Crippen LogP contribution in [0.15, 0.2) is 53.4 Å². The number of benzene rings is 2. The summed E-state index contributed by atoms with van der Waals surface area (Å²) in [5.74, 6) is 1.29. The van der Waals surface area contributed by atoms with E-state index in [1.807, 2.05) is 30.0 Å². The van der Waals surface area contributed by atoms with Crippen LogP contribution in [0, 0.1) is 0 Å². The molecular weight excluding hydrogens is 540 g/mol. The monoisotopic (exact) mass is 576 g/mol. The van der Waals surface area contributed by atoms with Gasteiger partial charge in [0.15, 0.2) is 12.2 Å². The molecule has 6 rings (SSSR count). The van der Waals surface area contributed by atoms with E-state index < -0.39 is 6.10 Å². The smallest absolute Gasteiger partial charge is 0.255 e. The number of nitrogens with one attached hydrogen (secondary N) is 2. The number of amides is 2. The van der Waals surface area contributed by atoms with Gasteiger partial charge in [0.2, 0.25) is 0 Å². The molecule has 3 aliphatic heterocycles. The van der Waals surface area contributed by atoms with E-state index in [0.717, 1.165) is 29.7 Å². The van der Waals surface area contributed by atoms with Gasteiger partial charge in [0.1, 0.15) is 18.1 Å². The number of aromatic nitrogens is 1. The van der Waals surface area contributed by atoms with Crippen molar-refractivity contribution in [2.24, 2.45) is 0 Å². The average Bonchev–Trinajstić information content (AvgIpc) is 3.63. The molecule has 0 saturated carbocycles. The summed E-state index contributed by atoms with van der Waals surface area (Å²) in [5.41, 5.74) is 3.03. The number of carbonyl (C=O) groups is 2. The third-order valence-corrected chi connectivity index (χ3v) is 8.22. The molecule has 2 bridgehead atoms. The summed E-state index contributed by atoms with van der Waals surface area (Å²) in [7, 11) is 0. The maximum absolute atomic E-state index is 13.3. The van der Waals surface area contributed by atoms with Gasteiger partial charge in [-0.05, 0) is 67.6 Å². The van der Waals surface area contributed by atoms with Crippen LogP contribution in [0.4, 0.5) is 0 Å². The molecule has 1 aromatic heterocycles. The topological polar surface area (TPSA) is 135 Å². The minimum atomic E-state index is -0.808. The first-order valence-electron chi connectivity index (χ1n) is 14.5. The van der Waals surface area contributed by atoms with Gasteiger partial charge in [0.05, 0.1) is 49.8 Å². The van der Waals surface area contributed by atoms with Crippen LogP contribution in [0.5, 0.6) is 11.5 Å². The number of hydrogen-bond donors (Lipinski definition) is 3. The van der Waals surface area contributed by atoms with E-state index in [2.05, 4.69) is 15.6 Å². The Kier molecular flexibility index (Phi) is 8.41. The summed E-state index contributed by atoms with van der Waals surface area (Å²) in [5, 5.41) is 17.1. The second kappa shape index (κ2) is 12.5. The molecule has 0 spiro atoms. The maximum atomic E-state index is 13.3. The Morgan fingerprint density at radius 2 is 1.98 bits per heavy atom. The predicted octanol–water partition coefficient (Wildman–Crippen LogP) is 2.46. The normalized spacial score (nSPS) is 21.9. The van der Waals surface area contributed by atoms with E-state index >= 15 is 0 Å². The predicted molar refractivity (Wildman–Crippen MR) is 151 cm³/mol. The Balaban J connectivity index is 1.05. The van der Waals surface area contributed by atoms with Crippen LogP contribution in [0.1, 0.15) is 57.4 Å². The standard InChI is InChI=1S/C31H36N4O7/c1-2-40-29-11-20(31(38)35-22-5-6-23(35)16-39-15-22)4-8-26(29)30(37)34-14-28(36)27-10-19-3-7-24(9-21(19)12-33-27)41-17-25-13-32-18-42-25/h3-4,7-9,11,13,18,22-23,27-28,33,36H,2,5-6,10,12,14-17H2,1H3,(H,34,37). The van der Waals surface area contributed by atoms with E-state index in [0.29, 0.717) is 62.0 Å². The summed E-state index contributed by atoms with van der Waals surface area (Å²) in [6.45, 7) is 4.23. The van der Waals surface area contributed by atoms with Gasteiger partial charge in [0, 0.05) is 24.7 Å². The zero-order valence-electron chi connectivity index (χ0n) is 23.6. The third-order valence-electron chi connectivity index (χ3n) is 8.22. The molecule has 3 aromatic rings. The molecule has 11 nitrogen and oxygen atoms in total. The number of fused-ring (bicyclic) bond motifs is 3. The molecule has 3 N–H and O–H groups in total. The Labute approximate surface area is 244 Å². The highest BCUT2D eigenvalue weighted by Crippen LogP contribution is 2.32. The van der Waals surface area contributed by atoms with Gasteiger partial charge >= 0.3 is 0 Å². The van der Waals surface area contributed by atoms with E-state index in [1.165, 1.54) is 6.39 Å². The molecule has 4 atom stereocenters. The molecule has 2 saturated heterocycles. The van der Waals surface area contributed by atoms with Crippen LogP contribution in [0.3, 0.4) is 0 Å². The first kappa shape index (κ1) is 28.2. The van der Waals surface area contributed by atoms with Gasteiger partial charge in [0.25, 0.3) is 11.8 Å². The molecule has 11 heteroatoms. The second-order valence-corrected chi connectivity index (χ2v) is 10.9. The molecule has 222 valence electrons. The summed E-state index contributed by atoms with van der Waals surface area (Å²) in [6.07, 6.45) is 4.68. The molecule has 0 aliphatic carbocycles. The SMILES string of the molecule is CCOc1cc(C(=O)N2C3CCC2COC3)ccc1C(=O)NCC(O)C1Cc2ccc(OCc3cnco3)cc2CN1. The van der Waals surface area contributed by atoms with Gasteiger partial charge in [-0.1, -0.05) is 6.07 Å². The lowest BCUT2D eigenvalue weighted by Gasteiger charge is -2.34. The Morgan fingerprint density at radius 1 is 1.14 bits per heavy atom. The fraction of sp³-hybridized carbons (Fsp3) is 0.452. The molecule has 4 heterocycles. The van der Waals surface area contributed by atoms with Crippen molar-refractivity contribution in [1.29, 1.82) is 0 Å². The molecule has 0 radical (unpaired) electrons. The molecule has 4 unspecified atom stereocenters. The molecule has 2 amide bonds. The largest absolute Gasteiger partial charge is 0.493 e. The highest BCUT2D eigenvalue weighted by atomic mass is 16.5. The Hall–Kier alpha value is -3.93. The van der Waals surface area contributed by atoms with Crippen molar-refractivity contribution >= 4 is 11.8 Å². The minimum Gasteiger partial charge on any atom is -0.493 e. The lowest BCUT2D eigenvalue weighted by atomic mass is 9.92. The van der Waals surface area contributed by atoms with Crippen molar-refractivity contribution in [3.8, 4) is 11.5 Å².